The molecule has 6 atom stereocenters. The fourth-order valence-electron chi connectivity index (χ4n) is 6.58. The van der Waals surface area contributed by atoms with Crippen molar-refractivity contribution >= 4 is 68.4 Å². The summed E-state index contributed by atoms with van der Waals surface area (Å²) >= 11 is 17.1. The maximum absolute atomic E-state index is 14.9. The number of hydrogen-bond acceptors (Lipinski definition) is 5. The van der Waals surface area contributed by atoms with Gasteiger partial charge >= 0.3 is 0 Å². The molecular formula is C26H14BrCl2F5N2O5. The Balaban J connectivity index is 1.64. The number of carbonyl (C=O) groups is 4. The number of amides is 4. The van der Waals surface area contributed by atoms with Gasteiger partial charge in [-0.25, -0.2) is 26.9 Å². The molecule has 2 aliphatic heterocycles. The number of imide groups is 2. The Morgan fingerprint density at radius 2 is 1.51 bits per heavy atom. The monoisotopic (exact) mass is 678 g/mol. The van der Waals surface area contributed by atoms with Crippen LogP contribution in [0, 0.1) is 46.8 Å². The van der Waals surface area contributed by atoms with Gasteiger partial charge in [-0.2, -0.15) is 0 Å². The van der Waals surface area contributed by atoms with E-state index in [4.69, 9.17) is 23.2 Å². The van der Waals surface area contributed by atoms with Crippen LogP contribution in [0.25, 0.3) is 0 Å². The van der Waals surface area contributed by atoms with Gasteiger partial charge in [0, 0.05) is 16.0 Å². The zero-order valence-electron chi connectivity index (χ0n) is 20.1. The fourth-order valence-corrected chi connectivity index (χ4v) is 7.89. The van der Waals surface area contributed by atoms with E-state index in [9.17, 15) is 46.2 Å². The summed E-state index contributed by atoms with van der Waals surface area (Å²) in [5, 5.41) is 13.1. The van der Waals surface area contributed by atoms with Crippen LogP contribution >= 0.6 is 39.1 Å². The van der Waals surface area contributed by atoms with E-state index in [1.807, 2.05) is 0 Å². The van der Waals surface area contributed by atoms with Gasteiger partial charge in [-0.15, -0.1) is 23.2 Å². The summed E-state index contributed by atoms with van der Waals surface area (Å²) in [5.41, 5.74) is -1.72. The second kappa shape index (κ2) is 8.98. The molecule has 4 aliphatic rings. The second-order valence-corrected chi connectivity index (χ2v) is 12.4. The average molecular weight is 680 g/mol. The SMILES string of the molecule is O=C1NC(=O)[C@H]2CC=C3[C@@H](C[C@@]4(Cl)C(=O)N(c5c(F)c(F)c(F)c(F)c5F)C(=O)[C@@]4(Cl)[C@H]3c3cc(Br)ccc3O)[C@@H]12. The molecule has 4 amide bonds. The highest BCUT2D eigenvalue weighted by Gasteiger charge is 2.77. The van der Waals surface area contributed by atoms with Crippen LogP contribution in [0.15, 0.2) is 34.3 Å². The zero-order chi connectivity index (χ0) is 29.9. The van der Waals surface area contributed by atoms with Crippen LogP contribution in [0.4, 0.5) is 27.6 Å². The predicted octanol–water partition coefficient (Wildman–Crippen LogP) is 4.70. The zero-order valence-corrected chi connectivity index (χ0v) is 23.2. The summed E-state index contributed by atoms with van der Waals surface area (Å²) in [6.07, 6.45) is 0.910. The largest absolute Gasteiger partial charge is 0.508 e. The average Bonchev–Trinajstić information content (AvgIpc) is 3.30. The van der Waals surface area contributed by atoms with Gasteiger partial charge < -0.3 is 5.11 Å². The van der Waals surface area contributed by atoms with Crippen LogP contribution in [0.2, 0.25) is 0 Å². The molecule has 2 aromatic rings. The molecule has 2 heterocycles. The van der Waals surface area contributed by atoms with Gasteiger partial charge in [-0.3, -0.25) is 24.5 Å². The number of carbonyl (C=O) groups excluding carboxylic acids is 4. The lowest BCUT2D eigenvalue weighted by molar-refractivity contribution is -0.127. The Labute approximate surface area is 245 Å². The predicted molar refractivity (Wildman–Crippen MR) is 135 cm³/mol. The molecule has 15 heteroatoms. The Morgan fingerprint density at radius 3 is 2.15 bits per heavy atom. The molecule has 2 saturated heterocycles. The molecule has 214 valence electrons. The van der Waals surface area contributed by atoms with E-state index in [1.165, 1.54) is 24.3 Å². The second-order valence-electron chi connectivity index (χ2n) is 10.2. The number of alkyl halides is 2. The number of nitrogens with zero attached hydrogens (tertiary/aromatic N) is 1. The Bertz CT molecular complexity index is 1640. The highest BCUT2D eigenvalue weighted by atomic mass is 79.9. The van der Waals surface area contributed by atoms with Crippen molar-refractivity contribution in [2.24, 2.45) is 17.8 Å². The van der Waals surface area contributed by atoms with Gasteiger partial charge in [0.15, 0.2) is 33.0 Å². The molecule has 0 unspecified atom stereocenters. The van der Waals surface area contributed by atoms with Crippen molar-refractivity contribution in [1.82, 2.24) is 5.32 Å². The molecule has 0 bridgehead atoms. The number of phenols is 1. The van der Waals surface area contributed by atoms with Crippen molar-refractivity contribution in [2.45, 2.75) is 28.5 Å². The first kappa shape index (κ1) is 28.1. The number of rotatable bonds is 2. The molecule has 2 aliphatic carbocycles. The Kier molecular flexibility index (Phi) is 6.16. The summed E-state index contributed by atoms with van der Waals surface area (Å²) in [4.78, 5) is 47.7. The van der Waals surface area contributed by atoms with Crippen molar-refractivity contribution in [2.75, 3.05) is 4.90 Å². The van der Waals surface area contributed by atoms with E-state index < -0.39 is 104 Å². The maximum Gasteiger partial charge on any atom is 0.258 e. The first-order valence-electron chi connectivity index (χ1n) is 12.0. The lowest BCUT2D eigenvalue weighted by Crippen LogP contribution is -2.60. The van der Waals surface area contributed by atoms with E-state index in [-0.39, 0.29) is 22.5 Å². The lowest BCUT2D eigenvalue weighted by atomic mass is 9.56. The molecule has 0 aromatic heterocycles. The number of halogens is 8. The number of fused-ring (bicyclic) bond motifs is 4. The number of anilines is 1. The van der Waals surface area contributed by atoms with Gasteiger partial charge in [0.2, 0.25) is 17.6 Å². The number of phenolic OH excluding ortho intramolecular Hbond substituents is 1. The molecule has 41 heavy (non-hydrogen) atoms. The van der Waals surface area contributed by atoms with Crippen molar-refractivity contribution < 1.29 is 46.2 Å². The van der Waals surface area contributed by atoms with Crippen molar-refractivity contribution in [3.63, 3.8) is 0 Å². The number of hydrogen-bond donors (Lipinski definition) is 2. The molecule has 0 spiro atoms. The quantitative estimate of drug-likeness (QED) is 0.120. The summed E-state index contributed by atoms with van der Waals surface area (Å²) in [5.74, 6) is -21.8. The van der Waals surface area contributed by atoms with Gasteiger partial charge in [-0.05, 0) is 37.0 Å². The van der Waals surface area contributed by atoms with Gasteiger partial charge in [0.25, 0.3) is 11.8 Å². The maximum atomic E-state index is 14.9. The first-order valence-corrected chi connectivity index (χ1v) is 13.5. The minimum atomic E-state index is -2.70. The number of allylic oxidation sites excluding steroid dienone is 2. The van der Waals surface area contributed by atoms with Crippen LogP contribution in [0.5, 0.6) is 5.75 Å². The molecule has 7 nitrogen and oxygen atoms in total. The molecule has 3 fully saturated rings. The van der Waals surface area contributed by atoms with Crippen LogP contribution in [-0.4, -0.2) is 38.5 Å². The molecule has 2 aromatic carbocycles. The van der Waals surface area contributed by atoms with Crippen LogP contribution in [0.3, 0.4) is 0 Å². The summed E-state index contributed by atoms with van der Waals surface area (Å²) in [6.45, 7) is 0. The lowest BCUT2D eigenvalue weighted by Gasteiger charge is -2.50. The minimum Gasteiger partial charge on any atom is -0.508 e. The third kappa shape index (κ3) is 3.42. The highest BCUT2D eigenvalue weighted by Crippen LogP contribution is 2.66. The van der Waals surface area contributed by atoms with Gasteiger partial charge in [0.05, 0.1) is 11.8 Å². The van der Waals surface area contributed by atoms with Crippen LogP contribution in [-0.2, 0) is 19.2 Å². The van der Waals surface area contributed by atoms with E-state index in [0.29, 0.717) is 4.47 Å². The van der Waals surface area contributed by atoms with E-state index in [2.05, 4.69) is 21.2 Å². The normalized spacial score (nSPS) is 32.5. The van der Waals surface area contributed by atoms with Gasteiger partial charge in [-0.1, -0.05) is 27.6 Å². The van der Waals surface area contributed by atoms with E-state index in [1.54, 1.807) is 0 Å². The van der Waals surface area contributed by atoms with Crippen LogP contribution in [0.1, 0.15) is 24.3 Å². The number of benzene rings is 2. The van der Waals surface area contributed by atoms with E-state index >= 15 is 0 Å². The van der Waals surface area contributed by atoms with Crippen molar-refractivity contribution in [3.8, 4) is 5.75 Å². The first-order chi connectivity index (χ1) is 19.2. The van der Waals surface area contributed by atoms with Crippen molar-refractivity contribution in [1.29, 1.82) is 0 Å². The Morgan fingerprint density at radius 1 is 0.902 bits per heavy atom. The number of aromatic hydroxyl groups is 1. The van der Waals surface area contributed by atoms with Crippen molar-refractivity contribution in [3.05, 3.63) is 69.0 Å². The standard InChI is InChI=1S/C26H14BrCl2F5N2O5/c27-7-1-4-12(37)10(5-7)14-8-2-3-9-13(22(39)35-21(9)38)11(8)6-25(28)23(40)36(24(41)26(14,25)29)20-18(33)16(31)15(30)17(32)19(20)34/h1-2,4-5,9,11,13-14,37H,3,6H2,(H,35,38,39)/t9-,11+,13-,14+,25+,26-/m0/s1. The fraction of sp³-hybridized carbons (Fsp3) is 0.308. The molecule has 6 rings (SSSR count). The Hall–Kier alpha value is -3.03. The topological polar surface area (TPSA) is 104 Å². The van der Waals surface area contributed by atoms with Crippen LogP contribution < -0.4 is 10.2 Å². The molecule has 0 radical (unpaired) electrons. The smallest absolute Gasteiger partial charge is 0.258 e. The van der Waals surface area contributed by atoms with E-state index in [0.717, 1.165) is 0 Å². The van der Waals surface area contributed by atoms with Gasteiger partial charge in [0.1, 0.15) is 11.4 Å². The molecule has 1 saturated carbocycles. The summed E-state index contributed by atoms with van der Waals surface area (Å²) in [6, 6.07) is 4.00. The molecule has 2 N–H and O–H groups in total. The third-order valence-corrected chi connectivity index (χ3v) is 10.3. The summed E-state index contributed by atoms with van der Waals surface area (Å²) in [7, 11) is 0. The molecular weight excluding hydrogens is 666 g/mol. The highest BCUT2D eigenvalue weighted by molar-refractivity contribution is 9.10. The third-order valence-electron chi connectivity index (χ3n) is 8.36. The minimum absolute atomic E-state index is 0.00504. The number of nitrogens with one attached hydrogen (secondary N) is 1. The summed E-state index contributed by atoms with van der Waals surface area (Å²) < 4.78 is 72.4.